The van der Waals surface area contributed by atoms with Crippen LogP contribution in [-0.4, -0.2) is 25.2 Å². The monoisotopic (exact) mass is 424 g/mol. The van der Waals surface area contributed by atoms with Crippen molar-refractivity contribution in [3.05, 3.63) is 12.2 Å². The highest BCUT2D eigenvalue weighted by Crippen LogP contribution is 2.10. The van der Waals surface area contributed by atoms with Gasteiger partial charge in [0.05, 0.1) is 13.2 Å². The van der Waals surface area contributed by atoms with Gasteiger partial charge in [-0.1, -0.05) is 90.2 Å². The summed E-state index contributed by atoms with van der Waals surface area (Å²) in [5.74, 6) is -0.129. The van der Waals surface area contributed by atoms with Crippen molar-refractivity contribution in [2.75, 3.05) is 13.2 Å². The number of allylic oxidation sites excluding steroid dienone is 1. The largest absolute Gasteiger partial charge is 0.466 e. The Balaban J connectivity index is 3.31. The maximum absolute atomic E-state index is 11.7. The quantitative estimate of drug-likeness (QED) is 0.101. The van der Waals surface area contributed by atoms with Crippen LogP contribution in [0, 0.1) is 0 Å². The lowest BCUT2D eigenvalue weighted by Crippen LogP contribution is -2.05. The van der Waals surface area contributed by atoms with Crippen molar-refractivity contribution < 1.29 is 19.1 Å². The summed E-state index contributed by atoms with van der Waals surface area (Å²) in [6.45, 7) is 5.48. The normalized spacial score (nSPS) is 11.1. The maximum atomic E-state index is 11.7. The van der Waals surface area contributed by atoms with Crippen molar-refractivity contribution in [3.63, 3.8) is 0 Å². The molecule has 4 nitrogen and oxygen atoms in total. The first-order valence-electron chi connectivity index (χ1n) is 12.7. The Morgan fingerprint density at radius 2 is 1.00 bits per heavy atom. The molecular formula is C26H48O4. The molecule has 0 spiro atoms. The van der Waals surface area contributed by atoms with Gasteiger partial charge < -0.3 is 9.47 Å². The third-order valence-electron chi connectivity index (χ3n) is 5.21. The lowest BCUT2D eigenvalue weighted by molar-refractivity contribution is -0.144. The van der Waals surface area contributed by atoms with E-state index >= 15 is 0 Å². The number of unbranched alkanes of at least 4 members (excludes halogenated alkanes) is 12. The Hall–Kier alpha value is -1.32. The molecule has 0 atom stereocenters. The van der Waals surface area contributed by atoms with Gasteiger partial charge in [0.25, 0.3) is 0 Å². The topological polar surface area (TPSA) is 52.6 Å². The van der Waals surface area contributed by atoms with E-state index in [4.69, 9.17) is 9.47 Å². The second kappa shape index (κ2) is 24.0. The van der Waals surface area contributed by atoms with Gasteiger partial charge in [-0.2, -0.15) is 0 Å². The lowest BCUT2D eigenvalue weighted by Gasteiger charge is -2.05. The van der Waals surface area contributed by atoms with Crippen LogP contribution < -0.4 is 0 Å². The average molecular weight is 425 g/mol. The van der Waals surface area contributed by atoms with Gasteiger partial charge in [-0.3, -0.25) is 9.59 Å². The molecule has 0 fully saturated rings. The summed E-state index contributed by atoms with van der Waals surface area (Å²) in [7, 11) is 0. The van der Waals surface area contributed by atoms with Crippen LogP contribution in [0.5, 0.6) is 0 Å². The van der Waals surface area contributed by atoms with Crippen molar-refractivity contribution in [1.29, 1.82) is 0 Å². The third kappa shape index (κ3) is 23.0. The highest BCUT2D eigenvalue weighted by atomic mass is 16.5. The third-order valence-corrected chi connectivity index (χ3v) is 5.21. The second-order valence-corrected chi connectivity index (χ2v) is 8.23. The first kappa shape index (κ1) is 28.7. The van der Waals surface area contributed by atoms with Crippen molar-refractivity contribution in [2.24, 2.45) is 0 Å². The van der Waals surface area contributed by atoms with Crippen LogP contribution in [0.1, 0.15) is 129 Å². The van der Waals surface area contributed by atoms with E-state index in [0.717, 1.165) is 64.2 Å². The van der Waals surface area contributed by atoms with Crippen molar-refractivity contribution in [2.45, 2.75) is 129 Å². The molecule has 0 N–H and O–H groups in total. The van der Waals surface area contributed by atoms with E-state index in [0.29, 0.717) is 26.1 Å². The van der Waals surface area contributed by atoms with Crippen LogP contribution in [0.4, 0.5) is 0 Å². The van der Waals surface area contributed by atoms with Crippen LogP contribution in [0.15, 0.2) is 12.2 Å². The summed E-state index contributed by atoms with van der Waals surface area (Å²) < 4.78 is 10.5. The molecule has 0 aliphatic carbocycles. The van der Waals surface area contributed by atoms with Gasteiger partial charge in [0, 0.05) is 12.8 Å². The Morgan fingerprint density at radius 3 is 1.63 bits per heavy atom. The highest BCUT2D eigenvalue weighted by molar-refractivity contribution is 5.69. The summed E-state index contributed by atoms with van der Waals surface area (Å²) in [6.07, 6.45) is 23.1. The minimum Gasteiger partial charge on any atom is -0.466 e. The smallest absolute Gasteiger partial charge is 0.305 e. The zero-order valence-electron chi connectivity index (χ0n) is 19.9. The van der Waals surface area contributed by atoms with Gasteiger partial charge in [-0.25, -0.2) is 0 Å². The van der Waals surface area contributed by atoms with E-state index in [-0.39, 0.29) is 11.9 Å². The van der Waals surface area contributed by atoms with Gasteiger partial charge in [0.1, 0.15) is 0 Å². The van der Waals surface area contributed by atoms with Crippen LogP contribution >= 0.6 is 0 Å². The van der Waals surface area contributed by atoms with E-state index in [1.54, 1.807) is 0 Å². The molecule has 0 amide bonds. The van der Waals surface area contributed by atoms with Crippen molar-refractivity contribution in [3.8, 4) is 0 Å². The zero-order valence-corrected chi connectivity index (χ0v) is 19.9. The van der Waals surface area contributed by atoms with E-state index < -0.39 is 0 Å². The predicted octanol–water partition coefficient (Wildman–Crippen LogP) is 7.69. The summed E-state index contributed by atoms with van der Waals surface area (Å²) in [4.78, 5) is 23.3. The highest BCUT2D eigenvalue weighted by Gasteiger charge is 2.04. The fourth-order valence-corrected chi connectivity index (χ4v) is 3.27. The molecule has 0 aromatic carbocycles. The van der Waals surface area contributed by atoms with E-state index in [9.17, 15) is 9.59 Å². The molecule has 0 rings (SSSR count). The SMILES string of the molecule is CCCCC/C=C\CCOC(=O)CCCCCCCCC(=O)OCCCCCCC. The Kier molecular flexibility index (Phi) is 22.9. The standard InChI is InChI=1S/C26H48O4/c1-3-5-7-9-12-16-20-24-30-26(28)22-18-14-11-10-13-17-21-25(27)29-23-19-15-8-6-4-2/h12,16H,3-11,13-15,17-24H2,1-2H3/b16-12-. The molecule has 4 heteroatoms. The molecule has 30 heavy (non-hydrogen) atoms. The lowest BCUT2D eigenvalue weighted by atomic mass is 10.1. The van der Waals surface area contributed by atoms with Gasteiger partial charge in [-0.05, 0) is 38.5 Å². The minimum atomic E-state index is -0.0770. The Morgan fingerprint density at radius 1 is 0.533 bits per heavy atom. The van der Waals surface area contributed by atoms with Crippen LogP contribution in [0.3, 0.4) is 0 Å². The van der Waals surface area contributed by atoms with Crippen LogP contribution in [0.25, 0.3) is 0 Å². The number of carbonyl (C=O) groups excluding carboxylic acids is 2. The number of rotatable bonds is 22. The molecule has 176 valence electrons. The molecule has 0 unspecified atom stereocenters. The van der Waals surface area contributed by atoms with E-state index in [2.05, 4.69) is 26.0 Å². The number of esters is 2. The Bertz CT molecular complexity index is 417. The van der Waals surface area contributed by atoms with Crippen LogP contribution in [-0.2, 0) is 19.1 Å². The molecule has 0 saturated carbocycles. The van der Waals surface area contributed by atoms with Gasteiger partial charge in [0.15, 0.2) is 0 Å². The summed E-state index contributed by atoms with van der Waals surface area (Å²) in [5, 5.41) is 0. The molecule has 0 heterocycles. The van der Waals surface area contributed by atoms with Crippen LogP contribution in [0.2, 0.25) is 0 Å². The molecule has 0 radical (unpaired) electrons. The number of hydrogen-bond donors (Lipinski definition) is 0. The molecule has 0 aromatic heterocycles. The molecule has 0 bridgehead atoms. The molecule has 0 aromatic rings. The molecule has 0 aliphatic heterocycles. The van der Waals surface area contributed by atoms with Gasteiger partial charge in [-0.15, -0.1) is 0 Å². The summed E-state index contributed by atoms with van der Waals surface area (Å²) in [5.41, 5.74) is 0. The fourth-order valence-electron chi connectivity index (χ4n) is 3.27. The zero-order chi connectivity index (χ0) is 22.1. The second-order valence-electron chi connectivity index (χ2n) is 8.23. The maximum Gasteiger partial charge on any atom is 0.305 e. The predicted molar refractivity (Wildman–Crippen MR) is 126 cm³/mol. The van der Waals surface area contributed by atoms with Gasteiger partial charge >= 0.3 is 11.9 Å². The van der Waals surface area contributed by atoms with E-state index in [1.807, 2.05) is 0 Å². The van der Waals surface area contributed by atoms with Crippen molar-refractivity contribution in [1.82, 2.24) is 0 Å². The fraction of sp³-hybridized carbons (Fsp3) is 0.846. The first-order chi connectivity index (χ1) is 14.7. The number of hydrogen-bond acceptors (Lipinski definition) is 4. The van der Waals surface area contributed by atoms with Crippen molar-refractivity contribution >= 4 is 11.9 Å². The number of ether oxygens (including phenoxy) is 2. The van der Waals surface area contributed by atoms with E-state index in [1.165, 1.54) is 38.5 Å². The Labute approximate surface area is 186 Å². The summed E-state index contributed by atoms with van der Waals surface area (Å²) in [6, 6.07) is 0. The average Bonchev–Trinajstić information content (AvgIpc) is 2.74. The number of carbonyl (C=O) groups is 2. The summed E-state index contributed by atoms with van der Waals surface area (Å²) >= 11 is 0. The molecule has 0 aliphatic rings. The molecular weight excluding hydrogens is 376 g/mol. The first-order valence-corrected chi connectivity index (χ1v) is 12.7. The van der Waals surface area contributed by atoms with Gasteiger partial charge in [0.2, 0.25) is 0 Å². The minimum absolute atomic E-state index is 0.0518. The molecule has 0 saturated heterocycles.